The van der Waals surface area contributed by atoms with Crippen molar-refractivity contribution in [3.63, 3.8) is 0 Å². The van der Waals surface area contributed by atoms with Crippen molar-refractivity contribution in [3.05, 3.63) is 29.1 Å². The number of nitrogens with zero attached hydrogens (tertiary/aromatic N) is 1. The fourth-order valence-corrected chi connectivity index (χ4v) is 3.08. The van der Waals surface area contributed by atoms with E-state index in [1.165, 1.54) is 12.1 Å². The SMILES string of the molecule is CCNC(=NCC1CCCO1)NCCc1cc(F)cc2c1OCOC2. The number of ether oxygens (including phenoxy) is 3. The van der Waals surface area contributed by atoms with E-state index in [0.717, 1.165) is 48.8 Å². The average molecular weight is 351 g/mol. The minimum atomic E-state index is -0.262. The zero-order valence-electron chi connectivity index (χ0n) is 14.6. The third kappa shape index (κ3) is 5.06. The zero-order chi connectivity index (χ0) is 17.5. The monoisotopic (exact) mass is 351 g/mol. The molecule has 25 heavy (non-hydrogen) atoms. The van der Waals surface area contributed by atoms with E-state index in [4.69, 9.17) is 14.2 Å². The molecule has 0 bridgehead atoms. The molecule has 0 amide bonds. The van der Waals surface area contributed by atoms with Crippen LogP contribution in [-0.4, -0.2) is 45.1 Å². The molecule has 6 nitrogen and oxygen atoms in total. The number of rotatable bonds is 6. The zero-order valence-corrected chi connectivity index (χ0v) is 14.6. The standard InChI is InChI=1S/C18H26FN3O3/c1-2-20-18(22-10-16-4-3-7-24-16)21-6-5-13-8-15(19)9-14-11-23-12-25-17(13)14/h8-9,16H,2-7,10-12H2,1H3,(H2,20,21,22). The smallest absolute Gasteiger partial charge is 0.191 e. The molecule has 2 heterocycles. The molecule has 0 radical (unpaired) electrons. The summed E-state index contributed by atoms with van der Waals surface area (Å²) in [5.74, 6) is 1.24. The summed E-state index contributed by atoms with van der Waals surface area (Å²) in [6.45, 7) is 5.54. The number of halogens is 1. The first-order valence-electron chi connectivity index (χ1n) is 8.92. The molecular weight excluding hydrogens is 325 g/mol. The van der Waals surface area contributed by atoms with Gasteiger partial charge in [-0.15, -0.1) is 0 Å². The molecule has 0 aliphatic carbocycles. The summed E-state index contributed by atoms with van der Waals surface area (Å²) in [6.07, 6.45) is 3.04. The second-order valence-corrected chi connectivity index (χ2v) is 6.20. The van der Waals surface area contributed by atoms with Crippen molar-refractivity contribution in [2.75, 3.05) is 33.0 Å². The summed E-state index contributed by atoms with van der Waals surface area (Å²) in [6, 6.07) is 3.00. The van der Waals surface area contributed by atoms with Crippen molar-refractivity contribution < 1.29 is 18.6 Å². The number of hydrogen-bond donors (Lipinski definition) is 2. The maximum absolute atomic E-state index is 13.8. The fourth-order valence-electron chi connectivity index (χ4n) is 3.08. The molecule has 1 atom stereocenters. The van der Waals surface area contributed by atoms with Gasteiger partial charge >= 0.3 is 0 Å². The van der Waals surface area contributed by atoms with Crippen LogP contribution in [0.25, 0.3) is 0 Å². The van der Waals surface area contributed by atoms with E-state index in [-0.39, 0.29) is 18.7 Å². The fraction of sp³-hybridized carbons (Fsp3) is 0.611. The lowest BCUT2D eigenvalue weighted by atomic mass is 10.1. The first-order valence-corrected chi connectivity index (χ1v) is 8.92. The van der Waals surface area contributed by atoms with E-state index in [1.807, 2.05) is 6.92 Å². The molecular formula is C18H26FN3O3. The van der Waals surface area contributed by atoms with Gasteiger partial charge in [0.15, 0.2) is 12.8 Å². The molecule has 1 saturated heterocycles. The van der Waals surface area contributed by atoms with Crippen LogP contribution in [0.1, 0.15) is 30.9 Å². The highest BCUT2D eigenvalue weighted by Crippen LogP contribution is 2.29. The van der Waals surface area contributed by atoms with Crippen LogP contribution in [0.15, 0.2) is 17.1 Å². The lowest BCUT2D eigenvalue weighted by Crippen LogP contribution is -2.39. The molecule has 1 aromatic carbocycles. The largest absolute Gasteiger partial charge is 0.467 e. The quantitative estimate of drug-likeness (QED) is 0.606. The Bertz CT molecular complexity index is 603. The molecule has 1 unspecified atom stereocenters. The maximum Gasteiger partial charge on any atom is 0.191 e. The number of nitrogens with one attached hydrogen (secondary N) is 2. The van der Waals surface area contributed by atoms with Gasteiger partial charge in [0, 0.05) is 25.3 Å². The van der Waals surface area contributed by atoms with Crippen LogP contribution >= 0.6 is 0 Å². The normalized spacial score (nSPS) is 20.1. The highest BCUT2D eigenvalue weighted by atomic mass is 19.1. The molecule has 1 aromatic rings. The number of benzene rings is 1. The Morgan fingerprint density at radius 3 is 3.08 bits per heavy atom. The predicted molar refractivity (Wildman–Crippen MR) is 93.3 cm³/mol. The number of fused-ring (bicyclic) bond motifs is 1. The molecule has 0 saturated carbocycles. The molecule has 2 aliphatic heterocycles. The Kier molecular flexibility index (Phi) is 6.47. The molecule has 2 aliphatic rings. The summed E-state index contributed by atoms with van der Waals surface area (Å²) in [5, 5.41) is 6.52. The predicted octanol–water partition coefficient (Wildman–Crippen LogP) is 1.97. The van der Waals surface area contributed by atoms with Gasteiger partial charge in [-0.1, -0.05) is 0 Å². The van der Waals surface area contributed by atoms with Gasteiger partial charge in [-0.05, 0) is 43.9 Å². The Labute approximate surface area is 147 Å². The van der Waals surface area contributed by atoms with Crippen LogP contribution in [0, 0.1) is 5.82 Å². The van der Waals surface area contributed by atoms with Gasteiger partial charge in [-0.25, -0.2) is 4.39 Å². The highest BCUT2D eigenvalue weighted by Gasteiger charge is 2.17. The summed E-state index contributed by atoms with van der Waals surface area (Å²) in [4.78, 5) is 4.58. The van der Waals surface area contributed by atoms with E-state index in [1.54, 1.807) is 0 Å². The molecule has 1 fully saturated rings. The van der Waals surface area contributed by atoms with Gasteiger partial charge in [-0.3, -0.25) is 4.99 Å². The van der Waals surface area contributed by atoms with E-state index >= 15 is 0 Å². The first-order chi connectivity index (χ1) is 12.3. The van der Waals surface area contributed by atoms with Crippen molar-refractivity contribution in [1.82, 2.24) is 10.6 Å². The van der Waals surface area contributed by atoms with Crippen molar-refractivity contribution >= 4 is 5.96 Å². The van der Waals surface area contributed by atoms with Crippen molar-refractivity contribution in [3.8, 4) is 5.75 Å². The average Bonchev–Trinajstić information content (AvgIpc) is 3.13. The molecule has 0 aromatic heterocycles. The lowest BCUT2D eigenvalue weighted by Gasteiger charge is -2.21. The van der Waals surface area contributed by atoms with Gasteiger partial charge in [0.1, 0.15) is 11.6 Å². The minimum absolute atomic E-state index is 0.213. The van der Waals surface area contributed by atoms with Gasteiger partial charge in [0.2, 0.25) is 0 Å². The van der Waals surface area contributed by atoms with Crippen LogP contribution in [0.4, 0.5) is 4.39 Å². The Morgan fingerprint density at radius 2 is 2.28 bits per heavy atom. The summed E-state index contributed by atoms with van der Waals surface area (Å²) >= 11 is 0. The van der Waals surface area contributed by atoms with Crippen LogP contribution in [0.5, 0.6) is 5.75 Å². The highest BCUT2D eigenvalue weighted by molar-refractivity contribution is 5.79. The summed E-state index contributed by atoms with van der Waals surface area (Å²) in [5.41, 5.74) is 1.61. The van der Waals surface area contributed by atoms with E-state index in [9.17, 15) is 4.39 Å². The number of guanidine groups is 1. The topological polar surface area (TPSA) is 64.1 Å². The minimum Gasteiger partial charge on any atom is -0.467 e. The van der Waals surface area contributed by atoms with Crippen LogP contribution < -0.4 is 15.4 Å². The third-order valence-electron chi connectivity index (χ3n) is 4.26. The van der Waals surface area contributed by atoms with E-state index < -0.39 is 0 Å². The van der Waals surface area contributed by atoms with Crippen molar-refractivity contribution in [1.29, 1.82) is 0 Å². The van der Waals surface area contributed by atoms with Gasteiger partial charge in [0.25, 0.3) is 0 Å². The van der Waals surface area contributed by atoms with Gasteiger partial charge in [0.05, 0.1) is 19.3 Å². The molecule has 138 valence electrons. The second kappa shape index (κ2) is 9.01. The second-order valence-electron chi connectivity index (χ2n) is 6.20. The first kappa shape index (κ1) is 17.9. The van der Waals surface area contributed by atoms with Crippen LogP contribution in [-0.2, 0) is 22.5 Å². The Balaban J connectivity index is 1.56. The molecule has 7 heteroatoms. The van der Waals surface area contributed by atoms with Crippen molar-refractivity contribution in [2.24, 2.45) is 4.99 Å². The molecule has 2 N–H and O–H groups in total. The van der Waals surface area contributed by atoms with Crippen LogP contribution in [0.2, 0.25) is 0 Å². The van der Waals surface area contributed by atoms with Crippen LogP contribution in [0.3, 0.4) is 0 Å². The van der Waals surface area contributed by atoms with E-state index in [0.29, 0.717) is 26.1 Å². The lowest BCUT2D eigenvalue weighted by molar-refractivity contribution is -0.0172. The molecule has 3 rings (SSSR count). The van der Waals surface area contributed by atoms with Gasteiger partial charge in [-0.2, -0.15) is 0 Å². The Morgan fingerprint density at radius 1 is 1.36 bits per heavy atom. The van der Waals surface area contributed by atoms with E-state index in [2.05, 4.69) is 15.6 Å². The van der Waals surface area contributed by atoms with Crippen molar-refractivity contribution in [2.45, 2.75) is 38.9 Å². The summed E-state index contributed by atoms with van der Waals surface area (Å²) in [7, 11) is 0. The third-order valence-corrected chi connectivity index (χ3v) is 4.26. The summed E-state index contributed by atoms with van der Waals surface area (Å²) < 4.78 is 30.1. The number of aliphatic imine (C=N–C) groups is 1. The Hall–Kier alpha value is -1.86. The number of hydrogen-bond acceptors (Lipinski definition) is 4. The maximum atomic E-state index is 13.8. The molecule has 0 spiro atoms. The van der Waals surface area contributed by atoms with Gasteiger partial charge < -0.3 is 24.8 Å².